The van der Waals surface area contributed by atoms with Crippen molar-refractivity contribution in [1.82, 2.24) is 5.32 Å². The van der Waals surface area contributed by atoms with Gasteiger partial charge in [0.25, 0.3) is 5.91 Å². The number of carbonyl (C=O) groups is 1. The number of amides is 1. The summed E-state index contributed by atoms with van der Waals surface area (Å²) in [6.07, 6.45) is 1.54. The molecule has 0 aromatic heterocycles. The van der Waals surface area contributed by atoms with E-state index in [1.165, 1.54) is 12.1 Å². The van der Waals surface area contributed by atoms with Crippen LogP contribution in [0, 0.1) is 11.2 Å². The van der Waals surface area contributed by atoms with Gasteiger partial charge in [0.1, 0.15) is 5.82 Å². The topological polar surface area (TPSA) is 49.3 Å². The van der Waals surface area contributed by atoms with Crippen LogP contribution in [0.1, 0.15) is 37.0 Å². The molecule has 0 saturated carbocycles. The lowest BCUT2D eigenvalue weighted by Crippen LogP contribution is -2.39. The lowest BCUT2D eigenvalue weighted by atomic mass is 9.83. The molecule has 1 aromatic rings. The summed E-state index contributed by atoms with van der Waals surface area (Å²) in [5.74, 6) is -0.807. The van der Waals surface area contributed by atoms with Crippen LogP contribution in [-0.2, 0) is 0 Å². The van der Waals surface area contributed by atoms with Crippen molar-refractivity contribution in [2.45, 2.75) is 26.7 Å². The molecule has 0 atom stereocenters. The highest BCUT2D eigenvalue weighted by Gasteiger charge is 2.26. The zero-order chi connectivity index (χ0) is 14.5. The molecular weight excluding hydrogens is 313 g/mol. The largest absolute Gasteiger partial charge is 0.396 e. The SMILES string of the molecule is CCC(CC)(CO)CNC(=O)c1cccc(F)c1Br. The van der Waals surface area contributed by atoms with Gasteiger partial charge in [-0.1, -0.05) is 19.9 Å². The van der Waals surface area contributed by atoms with Gasteiger partial charge < -0.3 is 10.4 Å². The summed E-state index contributed by atoms with van der Waals surface area (Å²) in [5.41, 5.74) is -0.0471. The van der Waals surface area contributed by atoms with E-state index in [0.717, 1.165) is 12.8 Å². The second kappa shape index (κ2) is 7.01. The average Bonchev–Trinajstić information content (AvgIpc) is 2.44. The van der Waals surface area contributed by atoms with Gasteiger partial charge in [-0.3, -0.25) is 4.79 Å². The Kier molecular flexibility index (Phi) is 5.94. The lowest BCUT2D eigenvalue weighted by Gasteiger charge is -2.29. The summed E-state index contributed by atoms with van der Waals surface area (Å²) >= 11 is 3.07. The van der Waals surface area contributed by atoms with Gasteiger partial charge in [0.15, 0.2) is 0 Å². The minimum atomic E-state index is -0.466. The van der Waals surface area contributed by atoms with Crippen molar-refractivity contribution in [3.05, 3.63) is 34.1 Å². The van der Waals surface area contributed by atoms with Crippen molar-refractivity contribution < 1.29 is 14.3 Å². The molecule has 0 aliphatic rings. The van der Waals surface area contributed by atoms with Gasteiger partial charge in [-0.2, -0.15) is 0 Å². The van der Waals surface area contributed by atoms with Crippen molar-refractivity contribution in [3.8, 4) is 0 Å². The van der Waals surface area contributed by atoms with E-state index in [0.29, 0.717) is 6.54 Å². The molecule has 106 valence electrons. The van der Waals surface area contributed by atoms with Crippen LogP contribution in [0.4, 0.5) is 4.39 Å². The summed E-state index contributed by atoms with van der Waals surface area (Å²) in [5, 5.41) is 12.2. The normalized spacial score (nSPS) is 11.4. The Labute approximate surface area is 121 Å². The number of aliphatic hydroxyl groups excluding tert-OH is 1. The van der Waals surface area contributed by atoms with Crippen LogP contribution in [0.3, 0.4) is 0 Å². The van der Waals surface area contributed by atoms with Crippen LogP contribution in [0.25, 0.3) is 0 Å². The Hall–Kier alpha value is -0.940. The Balaban J connectivity index is 2.78. The van der Waals surface area contributed by atoms with Crippen LogP contribution in [0.5, 0.6) is 0 Å². The molecule has 1 aromatic carbocycles. The Morgan fingerprint density at radius 1 is 1.42 bits per heavy atom. The summed E-state index contributed by atoms with van der Waals surface area (Å²) in [4.78, 5) is 12.0. The molecule has 0 bridgehead atoms. The number of rotatable bonds is 6. The summed E-state index contributed by atoms with van der Waals surface area (Å²) in [6, 6.07) is 4.34. The number of hydrogen-bond donors (Lipinski definition) is 2. The van der Waals surface area contributed by atoms with E-state index in [1.54, 1.807) is 6.07 Å². The molecule has 0 radical (unpaired) electrons. The van der Waals surface area contributed by atoms with E-state index in [-0.39, 0.29) is 28.0 Å². The van der Waals surface area contributed by atoms with Crippen LogP contribution in [-0.4, -0.2) is 24.2 Å². The van der Waals surface area contributed by atoms with E-state index in [9.17, 15) is 14.3 Å². The molecule has 0 saturated heterocycles. The standard InChI is InChI=1S/C14H19BrFNO2/c1-3-14(4-2,9-18)8-17-13(19)10-6-5-7-11(16)12(10)15/h5-7,18H,3-4,8-9H2,1-2H3,(H,17,19). The fourth-order valence-electron chi connectivity index (χ4n) is 1.82. The van der Waals surface area contributed by atoms with Crippen LogP contribution in [0.15, 0.2) is 22.7 Å². The molecule has 19 heavy (non-hydrogen) atoms. The fraction of sp³-hybridized carbons (Fsp3) is 0.500. The molecule has 0 unspecified atom stereocenters. The van der Waals surface area contributed by atoms with E-state index in [2.05, 4.69) is 21.2 Å². The van der Waals surface area contributed by atoms with Gasteiger partial charge in [0.05, 0.1) is 16.6 Å². The Morgan fingerprint density at radius 3 is 2.58 bits per heavy atom. The predicted molar refractivity (Wildman–Crippen MR) is 76.5 cm³/mol. The highest BCUT2D eigenvalue weighted by molar-refractivity contribution is 9.10. The first-order valence-electron chi connectivity index (χ1n) is 6.32. The number of carbonyl (C=O) groups excluding carboxylic acids is 1. The molecule has 0 aliphatic carbocycles. The molecule has 0 fully saturated rings. The number of benzene rings is 1. The molecule has 0 heterocycles. The third kappa shape index (κ3) is 3.76. The van der Waals surface area contributed by atoms with Crippen LogP contribution >= 0.6 is 15.9 Å². The molecule has 0 aliphatic heterocycles. The summed E-state index contributed by atoms with van der Waals surface area (Å²) < 4.78 is 13.5. The second-order valence-corrected chi connectivity index (χ2v) is 5.44. The average molecular weight is 332 g/mol. The van der Waals surface area contributed by atoms with Crippen molar-refractivity contribution in [2.75, 3.05) is 13.2 Å². The Bertz CT molecular complexity index is 439. The maximum Gasteiger partial charge on any atom is 0.252 e. The fourth-order valence-corrected chi connectivity index (χ4v) is 2.27. The van der Waals surface area contributed by atoms with Gasteiger partial charge in [-0.05, 0) is 40.9 Å². The minimum Gasteiger partial charge on any atom is -0.396 e. The molecule has 2 N–H and O–H groups in total. The smallest absolute Gasteiger partial charge is 0.252 e. The van der Waals surface area contributed by atoms with E-state index in [1.807, 2.05) is 13.8 Å². The predicted octanol–water partition coefficient (Wildman–Crippen LogP) is 3.12. The summed E-state index contributed by atoms with van der Waals surface area (Å²) in [7, 11) is 0. The maximum atomic E-state index is 13.3. The first-order chi connectivity index (χ1) is 8.99. The van der Waals surface area contributed by atoms with Crippen molar-refractivity contribution >= 4 is 21.8 Å². The monoisotopic (exact) mass is 331 g/mol. The number of nitrogens with one attached hydrogen (secondary N) is 1. The first-order valence-corrected chi connectivity index (χ1v) is 7.12. The minimum absolute atomic E-state index is 0.0185. The quantitative estimate of drug-likeness (QED) is 0.841. The van der Waals surface area contributed by atoms with Gasteiger partial charge in [-0.15, -0.1) is 0 Å². The Morgan fingerprint density at radius 2 is 2.05 bits per heavy atom. The lowest BCUT2D eigenvalue weighted by molar-refractivity contribution is 0.0850. The van der Waals surface area contributed by atoms with E-state index in [4.69, 9.17) is 0 Å². The first kappa shape index (κ1) is 16.1. The van der Waals surface area contributed by atoms with Crippen molar-refractivity contribution in [3.63, 3.8) is 0 Å². The molecular formula is C14H19BrFNO2. The highest BCUT2D eigenvalue weighted by atomic mass is 79.9. The van der Waals surface area contributed by atoms with E-state index < -0.39 is 5.82 Å². The second-order valence-electron chi connectivity index (χ2n) is 4.65. The third-order valence-electron chi connectivity index (χ3n) is 3.66. The third-order valence-corrected chi connectivity index (χ3v) is 4.46. The van der Waals surface area contributed by atoms with Crippen molar-refractivity contribution in [1.29, 1.82) is 0 Å². The zero-order valence-electron chi connectivity index (χ0n) is 11.2. The highest BCUT2D eigenvalue weighted by Crippen LogP contribution is 2.25. The molecule has 5 heteroatoms. The van der Waals surface area contributed by atoms with E-state index >= 15 is 0 Å². The maximum absolute atomic E-state index is 13.3. The van der Waals surface area contributed by atoms with Gasteiger partial charge in [-0.25, -0.2) is 4.39 Å². The zero-order valence-corrected chi connectivity index (χ0v) is 12.8. The van der Waals surface area contributed by atoms with Gasteiger partial charge in [0, 0.05) is 12.0 Å². The molecule has 0 spiro atoms. The molecule has 3 nitrogen and oxygen atoms in total. The van der Waals surface area contributed by atoms with Crippen molar-refractivity contribution in [2.24, 2.45) is 5.41 Å². The number of halogens is 2. The van der Waals surface area contributed by atoms with Crippen LogP contribution in [0.2, 0.25) is 0 Å². The van der Waals surface area contributed by atoms with Crippen LogP contribution < -0.4 is 5.32 Å². The van der Waals surface area contributed by atoms with Gasteiger partial charge >= 0.3 is 0 Å². The van der Waals surface area contributed by atoms with Gasteiger partial charge in [0.2, 0.25) is 0 Å². The molecule has 1 amide bonds. The number of aliphatic hydroxyl groups is 1. The summed E-state index contributed by atoms with van der Waals surface area (Å²) in [6.45, 7) is 4.34. The number of hydrogen-bond acceptors (Lipinski definition) is 2. The molecule has 1 rings (SSSR count).